The average Bonchev–Trinajstić information content (AvgIpc) is 2.55. The molecule has 1 aromatic heterocycles. The lowest BCUT2D eigenvalue weighted by atomic mass is 9.98. The number of hydrogen-bond acceptors (Lipinski definition) is 3. The van der Waals surface area contributed by atoms with Gasteiger partial charge in [-0.2, -0.15) is 0 Å². The van der Waals surface area contributed by atoms with Gasteiger partial charge in [0.1, 0.15) is 5.75 Å². The second-order valence-electron chi connectivity index (χ2n) is 6.44. The highest BCUT2D eigenvalue weighted by atomic mass is 16.5. The van der Waals surface area contributed by atoms with Gasteiger partial charge in [0.2, 0.25) is 0 Å². The third-order valence-electron chi connectivity index (χ3n) is 4.11. The first-order valence-electron chi connectivity index (χ1n) is 8.36. The lowest BCUT2D eigenvalue weighted by Crippen LogP contribution is -2.37. The standard InChI is InChI=1S/C20H26N2O2/c1-13(2)19-7-6-18(12-14(19)3)24-16(5)20(23)22-15(4)17-8-10-21-11-9-17/h6-13,15-16H,1-5H3,(H,22,23)/t15-,16-/m1/s1. The highest BCUT2D eigenvalue weighted by Crippen LogP contribution is 2.24. The molecule has 2 rings (SSSR count). The van der Waals surface area contributed by atoms with Gasteiger partial charge in [0.05, 0.1) is 6.04 Å². The number of hydrogen-bond donors (Lipinski definition) is 1. The fourth-order valence-corrected chi connectivity index (χ4v) is 2.69. The fraction of sp³-hybridized carbons (Fsp3) is 0.400. The molecule has 1 amide bonds. The van der Waals surface area contributed by atoms with Gasteiger partial charge in [0, 0.05) is 12.4 Å². The van der Waals surface area contributed by atoms with E-state index in [-0.39, 0.29) is 11.9 Å². The van der Waals surface area contributed by atoms with Gasteiger partial charge in [0.15, 0.2) is 6.10 Å². The monoisotopic (exact) mass is 326 g/mol. The van der Waals surface area contributed by atoms with Crippen molar-refractivity contribution in [2.75, 3.05) is 0 Å². The van der Waals surface area contributed by atoms with Crippen LogP contribution >= 0.6 is 0 Å². The molecule has 0 saturated carbocycles. The molecule has 0 aliphatic rings. The van der Waals surface area contributed by atoms with E-state index in [0.29, 0.717) is 5.92 Å². The van der Waals surface area contributed by atoms with Crippen LogP contribution in [0, 0.1) is 6.92 Å². The number of nitrogens with zero attached hydrogens (tertiary/aromatic N) is 1. The number of nitrogens with one attached hydrogen (secondary N) is 1. The Bertz CT molecular complexity index is 683. The van der Waals surface area contributed by atoms with Gasteiger partial charge in [0.25, 0.3) is 5.91 Å². The van der Waals surface area contributed by atoms with Crippen molar-refractivity contribution in [1.29, 1.82) is 0 Å². The smallest absolute Gasteiger partial charge is 0.261 e. The summed E-state index contributed by atoms with van der Waals surface area (Å²) in [5.74, 6) is 1.06. The summed E-state index contributed by atoms with van der Waals surface area (Å²) < 4.78 is 5.80. The van der Waals surface area contributed by atoms with Crippen LogP contribution in [0.5, 0.6) is 5.75 Å². The average molecular weight is 326 g/mol. The summed E-state index contributed by atoms with van der Waals surface area (Å²) in [5, 5.41) is 2.97. The van der Waals surface area contributed by atoms with Gasteiger partial charge in [-0.15, -0.1) is 0 Å². The molecule has 4 nitrogen and oxygen atoms in total. The molecule has 0 unspecified atom stereocenters. The summed E-state index contributed by atoms with van der Waals surface area (Å²) in [6, 6.07) is 9.69. The molecule has 0 aliphatic heterocycles. The Balaban J connectivity index is 1.98. The first kappa shape index (κ1) is 18.0. The van der Waals surface area contributed by atoms with E-state index < -0.39 is 6.10 Å². The number of amides is 1. The molecule has 0 saturated heterocycles. The number of pyridine rings is 1. The zero-order valence-corrected chi connectivity index (χ0v) is 15.0. The molecule has 128 valence electrons. The Morgan fingerprint density at radius 3 is 2.33 bits per heavy atom. The fourth-order valence-electron chi connectivity index (χ4n) is 2.69. The van der Waals surface area contributed by atoms with Crippen molar-refractivity contribution in [3.63, 3.8) is 0 Å². The SMILES string of the molecule is Cc1cc(O[C@H](C)C(=O)N[C@H](C)c2ccncc2)ccc1C(C)C. The number of benzene rings is 1. The molecule has 0 fully saturated rings. The number of aryl methyl sites for hydroxylation is 1. The van der Waals surface area contributed by atoms with Crippen LogP contribution in [-0.4, -0.2) is 17.0 Å². The van der Waals surface area contributed by atoms with Gasteiger partial charge in [-0.05, 0) is 67.6 Å². The number of carbonyl (C=O) groups is 1. The molecule has 1 heterocycles. The molecule has 0 aliphatic carbocycles. The normalized spacial score (nSPS) is 13.4. The van der Waals surface area contributed by atoms with E-state index in [4.69, 9.17) is 4.74 Å². The first-order valence-corrected chi connectivity index (χ1v) is 8.36. The van der Waals surface area contributed by atoms with Crippen LogP contribution in [-0.2, 0) is 4.79 Å². The molecule has 2 atom stereocenters. The summed E-state index contributed by atoms with van der Waals surface area (Å²) in [5.41, 5.74) is 3.49. The molecule has 1 aromatic carbocycles. The van der Waals surface area contributed by atoms with Gasteiger partial charge in [-0.1, -0.05) is 19.9 Å². The van der Waals surface area contributed by atoms with Crippen LogP contribution in [0.2, 0.25) is 0 Å². The highest BCUT2D eigenvalue weighted by Gasteiger charge is 2.18. The van der Waals surface area contributed by atoms with Crippen LogP contribution < -0.4 is 10.1 Å². The number of carbonyl (C=O) groups excluding carboxylic acids is 1. The van der Waals surface area contributed by atoms with Crippen molar-refractivity contribution in [1.82, 2.24) is 10.3 Å². The van der Waals surface area contributed by atoms with E-state index in [2.05, 4.69) is 37.1 Å². The van der Waals surface area contributed by atoms with E-state index in [9.17, 15) is 4.79 Å². The van der Waals surface area contributed by atoms with Crippen molar-refractivity contribution in [2.45, 2.75) is 52.7 Å². The van der Waals surface area contributed by atoms with Gasteiger partial charge in [-0.3, -0.25) is 9.78 Å². The summed E-state index contributed by atoms with van der Waals surface area (Å²) in [7, 11) is 0. The van der Waals surface area contributed by atoms with Crippen LogP contribution in [0.1, 0.15) is 56.3 Å². The van der Waals surface area contributed by atoms with Crippen molar-refractivity contribution < 1.29 is 9.53 Å². The molecule has 1 N–H and O–H groups in total. The van der Waals surface area contributed by atoms with Gasteiger partial charge >= 0.3 is 0 Å². The number of ether oxygens (including phenoxy) is 1. The summed E-state index contributed by atoms with van der Waals surface area (Å²) in [6.45, 7) is 10.1. The van der Waals surface area contributed by atoms with Crippen molar-refractivity contribution in [3.05, 3.63) is 59.4 Å². The second kappa shape index (κ2) is 7.95. The van der Waals surface area contributed by atoms with E-state index in [1.165, 1.54) is 11.1 Å². The minimum absolute atomic E-state index is 0.0865. The third kappa shape index (κ3) is 4.57. The molecule has 2 aromatic rings. The van der Waals surface area contributed by atoms with Crippen molar-refractivity contribution >= 4 is 5.91 Å². The van der Waals surface area contributed by atoms with E-state index in [1.807, 2.05) is 31.2 Å². The second-order valence-corrected chi connectivity index (χ2v) is 6.44. The Morgan fingerprint density at radius 2 is 1.75 bits per heavy atom. The van der Waals surface area contributed by atoms with Gasteiger partial charge < -0.3 is 10.1 Å². The molecule has 0 radical (unpaired) electrons. The predicted molar refractivity (Wildman–Crippen MR) is 96.2 cm³/mol. The lowest BCUT2D eigenvalue weighted by Gasteiger charge is -2.20. The maximum Gasteiger partial charge on any atom is 0.261 e. The Hall–Kier alpha value is -2.36. The van der Waals surface area contributed by atoms with Crippen LogP contribution in [0.4, 0.5) is 0 Å². The minimum Gasteiger partial charge on any atom is -0.481 e. The highest BCUT2D eigenvalue weighted by molar-refractivity contribution is 5.81. The summed E-state index contributed by atoms with van der Waals surface area (Å²) in [4.78, 5) is 16.3. The summed E-state index contributed by atoms with van der Waals surface area (Å²) >= 11 is 0. The molecule has 24 heavy (non-hydrogen) atoms. The first-order chi connectivity index (χ1) is 11.4. The third-order valence-corrected chi connectivity index (χ3v) is 4.11. The van der Waals surface area contributed by atoms with E-state index >= 15 is 0 Å². The van der Waals surface area contributed by atoms with Gasteiger partial charge in [-0.25, -0.2) is 0 Å². The maximum atomic E-state index is 12.3. The summed E-state index contributed by atoms with van der Waals surface area (Å²) in [6.07, 6.45) is 2.88. The largest absolute Gasteiger partial charge is 0.481 e. The Morgan fingerprint density at radius 1 is 1.08 bits per heavy atom. The molecule has 0 spiro atoms. The lowest BCUT2D eigenvalue weighted by molar-refractivity contribution is -0.127. The van der Waals surface area contributed by atoms with E-state index in [0.717, 1.165) is 11.3 Å². The van der Waals surface area contributed by atoms with E-state index in [1.54, 1.807) is 19.3 Å². The quantitative estimate of drug-likeness (QED) is 0.867. The molecular weight excluding hydrogens is 300 g/mol. The predicted octanol–water partition coefficient (Wildman–Crippen LogP) is 4.16. The Labute approximate surface area is 144 Å². The molecular formula is C20H26N2O2. The number of rotatable bonds is 6. The van der Waals surface area contributed by atoms with Crippen LogP contribution in [0.25, 0.3) is 0 Å². The maximum absolute atomic E-state index is 12.3. The Kier molecular flexibility index (Phi) is 5.96. The van der Waals surface area contributed by atoms with Crippen molar-refractivity contribution in [3.8, 4) is 5.75 Å². The zero-order valence-electron chi connectivity index (χ0n) is 15.0. The molecule has 0 bridgehead atoms. The zero-order chi connectivity index (χ0) is 17.7. The molecule has 4 heteroatoms. The van der Waals surface area contributed by atoms with Crippen molar-refractivity contribution in [2.24, 2.45) is 0 Å². The topological polar surface area (TPSA) is 51.2 Å². The van der Waals surface area contributed by atoms with Crippen LogP contribution in [0.3, 0.4) is 0 Å². The number of aromatic nitrogens is 1. The van der Waals surface area contributed by atoms with Crippen LogP contribution in [0.15, 0.2) is 42.7 Å². The minimum atomic E-state index is -0.557.